The van der Waals surface area contributed by atoms with Crippen LogP contribution in [-0.4, -0.2) is 43.1 Å². The lowest BCUT2D eigenvalue weighted by Crippen LogP contribution is -2.49. The third kappa shape index (κ3) is 6.11. The Labute approximate surface area is 186 Å². The Bertz CT molecular complexity index is 763. The molecule has 0 aliphatic carbocycles. The average molecular weight is 498 g/mol. The van der Waals surface area contributed by atoms with Gasteiger partial charge in [-0.1, -0.05) is 32.0 Å². The van der Waals surface area contributed by atoms with Crippen molar-refractivity contribution in [1.82, 2.24) is 15.5 Å². The second-order valence-electron chi connectivity index (χ2n) is 7.95. The van der Waals surface area contributed by atoms with Crippen molar-refractivity contribution in [3.8, 4) is 0 Å². The van der Waals surface area contributed by atoms with Crippen LogP contribution in [0.15, 0.2) is 33.7 Å². The summed E-state index contributed by atoms with van der Waals surface area (Å²) < 4.78 is 6.00. The number of furan rings is 1. The molecule has 1 aliphatic rings. The zero-order valence-corrected chi connectivity index (χ0v) is 20.0. The van der Waals surface area contributed by atoms with Crippen molar-refractivity contribution in [3.63, 3.8) is 0 Å². The van der Waals surface area contributed by atoms with Gasteiger partial charge in [-0.15, -0.1) is 24.0 Å². The van der Waals surface area contributed by atoms with Crippen molar-refractivity contribution in [2.24, 2.45) is 10.9 Å². The van der Waals surface area contributed by atoms with Gasteiger partial charge < -0.3 is 20.0 Å². The molecule has 0 atom stereocenters. The van der Waals surface area contributed by atoms with Gasteiger partial charge in [-0.05, 0) is 38.7 Å². The first kappa shape index (κ1) is 23.0. The topological polar surface area (TPSA) is 52.8 Å². The zero-order valence-electron chi connectivity index (χ0n) is 17.6. The summed E-state index contributed by atoms with van der Waals surface area (Å²) in [7, 11) is 0. The molecule has 2 N–H and O–H groups in total. The Kier molecular flexibility index (Phi) is 9.08. The van der Waals surface area contributed by atoms with E-state index in [1.807, 2.05) is 12.1 Å². The van der Waals surface area contributed by atoms with Gasteiger partial charge in [-0.25, -0.2) is 4.99 Å². The lowest BCUT2D eigenvalue weighted by Gasteiger charge is -2.34. The van der Waals surface area contributed by atoms with Gasteiger partial charge >= 0.3 is 0 Å². The lowest BCUT2D eigenvalue weighted by molar-refractivity contribution is 0.187. The minimum Gasteiger partial charge on any atom is -0.459 e. The second-order valence-corrected chi connectivity index (χ2v) is 7.95. The highest BCUT2D eigenvalue weighted by Gasteiger charge is 2.20. The van der Waals surface area contributed by atoms with Crippen LogP contribution >= 0.6 is 24.0 Å². The fourth-order valence-corrected chi connectivity index (χ4v) is 3.82. The number of nitrogens with zero attached hydrogens (tertiary/aromatic N) is 2. The van der Waals surface area contributed by atoms with E-state index in [1.165, 1.54) is 30.3 Å². The molecule has 1 saturated heterocycles. The maximum atomic E-state index is 6.00. The molecule has 0 amide bonds. The molecule has 5 nitrogen and oxygen atoms in total. The summed E-state index contributed by atoms with van der Waals surface area (Å²) in [5, 5.41) is 8.18. The predicted octanol–water partition coefficient (Wildman–Crippen LogP) is 4.53. The molecule has 1 fully saturated rings. The van der Waals surface area contributed by atoms with Crippen LogP contribution in [0, 0.1) is 12.8 Å². The molecule has 2 aromatic rings. The van der Waals surface area contributed by atoms with Crippen molar-refractivity contribution in [1.29, 1.82) is 0 Å². The smallest absolute Gasteiger partial charge is 0.191 e. The van der Waals surface area contributed by atoms with Gasteiger partial charge in [0.05, 0.1) is 0 Å². The third-order valence-corrected chi connectivity index (χ3v) is 5.22. The van der Waals surface area contributed by atoms with Crippen molar-refractivity contribution < 1.29 is 4.42 Å². The Hall–Kier alpha value is -1.28. The Morgan fingerprint density at radius 2 is 1.96 bits per heavy atom. The van der Waals surface area contributed by atoms with Crippen LogP contribution in [0.2, 0.25) is 0 Å². The van der Waals surface area contributed by atoms with Crippen LogP contribution in [-0.2, 0) is 6.54 Å². The SMILES string of the molecule is CCNC(=NCc1oc2ccccc2c1C)NC1CCN(CC(C)C)CC1.I. The lowest BCUT2D eigenvalue weighted by atomic mass is 10.0. The maximum Gasteiger partial charge on any atom is 0.191 e. The molecule has 0 bridgehead atoms. The van der Waals surface area contributed by atoms with Gasteiger partial charge in [0.1, 0.15) is 17.9 Å². The standard InChI is InChI=1S/C22H34N4O.HI/c1-5-23-22(25-18-10-12-26(13-11-18)15-16(2)3)24-14-21-17(4)19-8-6-7-9-20(19)27-21;/h6-9,16,18H,5,10-15H2,1-4H3,(H2,23,24,25);1H. The van der Waals surface area contributed by atoms with Crippen molar-refractivity contribution in [2.75, 3.05) is 26.2 Å². The van der Waals surface area contributed by atoms with Crippen LogP contribution < -0.4 is 10.6 Å². The quantitative estimate of drug-likeness (QED) is 0.349. The van der Waals surface area contributed by atoms with Crippen LogP contribution in [0.25, 0.3) is 11.0 Å². The molecule has 0 saturated carbocycles. The predicted molar refractivity (Wildman–Crippen MR) is 129 cm³/mol. The summed E-state index contributed by atoms with van der Waals surface area (Å²) in [6.45, 7) is 13.7. The minimum atomic E-state index is 0. The van der Waals surface area contributed by atoms with Crippen molar-refractivity contribution in [2.45, 2.75) is 53.1 Å². The largest absolute Gasteiger partial charge is 0.459 e. The highest BCUT2D eigenvalue weighted by Crippen LogP contribution is 2.25. The molecule has 28 heavy (non-hydrogen) atoms. The van der Waals surface area contributed by atoms with Gasteiger partial charge in [0.15, 0.2) is 5.96 Å². The van der Waals surface area contributed by atoms with E-state index in [2.05, 4.69) is 55.4 Å². The molecular formula is C22H35IN4O. The highest BCUT2D eigenvalue weighted by atomic mass is 127. The fraction of sp³-hybridized carbons (Fsp3) is 0.591. The number of likely N-dealkylation sites (tertiary alicyclic amines) is 1. The van der Waals surface area contributed by atoms with E-state index >= 15 is 0 Å². The van der Waals surface area contributed by atoms with Crippen molar-refractivity contribution >= 4 is 40.9 Å². The fourth-order valence-electron chi connectivity index (χ4n) is 3.82. The number of hydrogen-bond donors (Lipinski definition) is 2. The normalized spacial score (nSPS) is 16.4. The number of rotatable bonds is 6. The number of hydrogen-bond acceptors (Lipinski definition) is 3. The van der Waals surface area contributed by atoms with Gasteiger partial charge in [0.2, 0.25) is 0 Å². The highest BCUT2D eigenvalue weighted by molar-refractivity contribution is 14.0. The molecule has 1 aliphatic heterocycles. The van der Waals surface area contributed by atoms with E-state index in [9.17, 15) is 0 Å². The molecule has 0 spiro atoms. The first-order valence-corrected chi connectivity index (χ1v) is 10.3. The molecule has 1 aromatic heterocycles. The van der Waals surface area contributed by atoms with Crippen LogP contribution in [0.1, 0.15) is 44.9 Å². The average Bonchev–Trinajstić information content (AvgIpc) is 2.97. The number of halogens is 1. The number of nitrogens with one attached hydrogen (secondary N) is 2. The molecular weight excluding hydrogens is 463 g/mol. The summed E-state index contributed by atoms with van der Waals surface area (Å²) in [5.74, 6) is 2.57. The van der Waals surface area contributed by atoms with Crippen LogP contribution in [0.5, 0.6) is 0 Å². The molecule has 6 heteroatoms. The summed E-state index contributed by atoms with van der Waals surface area (Å²) in [5.41, 5.74) is 2.13. The third-order valence-electron chi connectivity index (χ3n) is 5.22. The van der Waals surface area contributed by atoms with E-state index in [4.69, 9.17) is 9.41 Å². The second kappa shape index (κ2) is 11.0. The number of aliphatic imine (C=N–C) groups is 1. The van der Waals surface area contributed by atoms with Crippen LogP contribution in [0.3, 0.4) is 0 Å². The van der Waals surface area contributed by atoms with E-state index in [1.54, 1.807) is 0 Å². The van der Waals surface area contributed by atoms with Crippen molar-refractivity contribution in [3.05, 3.63) is 35.6 Å². The summed E-state index contributed by atoms with van der Waals surface area (Å²) in [6, 6.07) is 8.67. The van der Waals surface area contributed by atoms with Gasteiger partial charge in [0, 0.05) is 43.2 Å². The number of piperidine rings is 1. The number of guanidine groups is 1. The maximum absolute atomic E-state index is 6.00. The Morgan fingerprint density at radius 1 is 1.25 bits per heavy atom. The van der Waals surface area contributed by atoms with E-state index in [-0.39, 0.29) is 24.0 Å². The van der Waals surface area contributed by atoms with E-state index in [0.29, 0.717) is 12.6 Å². The number of aryl methyl sites for hydroxylation is 1. The van der Waals surface area contributed by atoms with Gasteiger partial charge in [0.25, 0.3) is 0 Å². The Balaban J connectivity index is 0.00000280. The first-order valence-electron chi connectivity index (χ1n) is 10.3. The molecule has 3 rings (SSSR count). The van der Waals surface area contributed by atoms with E-state index in [0.717, 1.165) is 42.9 Å². The molecule has 156 valence electrons. The number of benzene rings is 1. The molecule has 1 aromatic carbocycles. The number of para-hydroxylation sites is 1. The minimum absolute atomic E-state index is 0. The monoisotopic (exact) mass is 498 g/mol. The zero-order chi connectivity index (χ0) is 19.2. The molecule has 0 radical (unpaired) electrons. The molecule has 0 unspecified atom stereocenters. The van der Waals surface area contributed by atoms with Crippen LogP contribution in [0.4, 0.5) is 0 Å². The number of fused-ring (bicyclic) bond motifs is 1. The summed E-state index contributed by atoms with van der Waals surface area (Å²) in [4.78, 5) is 7.36. The van der Waals surface area contributed by atoms with Gasteiger partial charge in [-0.2, -0.15) is 0 Å². The summed E-state index contributed by atoms with van der Waals surface area (Å²) in [6.07, 6.45) is 2.33. The van der Waals surface area contributed by atoms with E-state index < -0.39 is 0 Å². The Morgan fingerprint density at radius 3 is 2.61 bits per heavy atom. The first-order chi connectivity index (χ1) is 13.1. The molecule has 2 heterocycles. The van der Waals surface area contributed by atoms with Gasteiger partial charge in [-0.3, -0.25) is 0 Å². The summed E-state index contributed by atoms with van der Waals surface area (Å²) >= 11 is 0.